The molecule has 1 heterocycles. The first kappa shape index (κ1) is 13.4. The number of carboxylic acid groups (broad SMARTS) is 1. The van der Waals surface area contributed by atoms with Gasteiger partial charge in [0, 0.05) is 22.8 Å². The molecule has 1 saturated heterocycles. The largest absolute Gasteiger partial charge is 0.479 e. The molecule has 0 aliphatic carbocycles. The van der Waals surface area contributed by atoms with Gasteiger partial charge in [-0.05, 0) is 17.7 Å². The minimum atomic E-state index is -1.05. The van der Waals surface area contributed by atoms with E-state index in [0.29, 0.717) is 23.6 Å². The maximum atomic E-state index is 11.8. The Morgan fingerprint density at radius 3 is 2.78 bits per heavy atom. The van der Waals surface area contributed by atoms with Crippen LogP contribution in [0.25, 0.3) is 0 Å². The SMILES string of the molecule is O=C(O)C(c1cccc(Cl)c1)N1CC(Br)CC1=O. The van der Waals surface area contributed by atoms with Gasteiger partial charge in [-0.25, -0.2) is 4.79 Å². The van der Waals surface area contributed by atoms with Gasteiger partial charge in [0.1, 0.15) is 0 Å². The third-order valence-corrected chi connectivity index (χ3v) is 3.67. The zero-order chi connectivity index (χ0) is 13.3. The second-order valence-corrected chi connectivity index (χ2v) is 5.87. The van der Waals surface area contributed by atoms with Crippen molar-refractivity contribution in [2.75, 3.05) is 6.54 Å². The molecule has 18 heavy (non-hydrogen) atoms. The second-order valence-electron chi connectivity index (χ2n) is 4.14. The van der Waals surface area contributed by atoms with Crippen molar-refractivity contribution in [1.82, 2.24) is 4.90 Å². The fourth-order valence-electron chi connectivity index (χ4n) is 2.07. The Bertz CT molecular complexity index is 494. The molecule has 2 rings (SSSR count). The molecule has 4 nitrogen and oxygen atoms in total. The number of carboxylic acids is 1. The summed E-state index contributed by atoms with van der Waals surface area (Å²) < 4.78 is 0. The average Bonchev–Trinajstić information content (AvgIpc) is 2.58. The summed E-state index contributed by atoms with van der Waals surface area (Å²) in [6, 6.07) is 5.62. The van der Waals surface area contributed by atoms with E-state index in [4.69, 9.17) is 11.6 Å². The molecule has 1 aliphatic heterocycles. The van der Waals surface area contributed by atoms with Gasteiger partial charge in [0.25, 0.3) is 0 Å². The van der Waals surface area contributed by atoms with E-state index in [0.717, 1.165) is 0 Å². The summed E-state index contributed by atoms with van der Waals surface area (Å²) in [7, 11) is 0. The van der Waals surface area contributed by atoms with Gasteiger partial charge in [-0.1, -0.05) is 39.7 Å². The van der Waals surface area contributed by atoms with Crippen LogP contribution in [-0.4, -0.2) is 33.3 Å². The van der Waals surface area contributed by atoms with E-state index >= 15 is 0 Å². The average molecular weight is 333 g/mol. The fraction of sp³-hybridized carbons (Fsp3) is 0.333. The highest BCUT2D eigenvalue weighted by molar-refractivity contribution is 9.09. The number of alkyl halides is 1. The van der Waals surface area contributed by atoms with Gasteiger partial charge in [-0.15, -0.1) is 0 Å². The number of hydrogen-bond donors (Lipinski definition) is 1. The van der Waals surface area contributed by atoms with Crippen LogP contribution in [-0.2, 0) is 9.59 Å². The van der Waals surface area contributed by atoms with Crippen LogP contribution in [0, 0.1) is 0 Å². The number of carbonyl (C=O) groups excluding carboxylic acids is 1. The van der Waals surface area contributed by atoms with E-state index in [1.807, 2.05) is 0 Å². The number of rotatable bonds is 3. The first-order valence-electron chi connectivity index (χ1n) is 5.41. The molecular formula is C12H11BrClNO3. The Labute approximate surface area is 118 Å². The first-order chi connectivity index (χ1) is 8.49. The smallest absolute Gasteiger partial charge is 0.331 e. The molecule has 1 aliphatic rings. The molecule has 6 heteroatoms. The predicted molar refractivity (Wildman–Crippen MR) is 70.9 cm³/mol. The highest BCUT2D eigenvalue weighted by atomic mass is 79.9. The molecule has 96 valence electrons. The highest BCUT2D eigenvalue weighted by Crippen LogP contribution is 2.30. The summed E-state index contributed by atoms with van der Waals surface area (Å²) in [6.45, 7) is 0.391. The number of carbonyl (C=O) groups is 2. The van der Waals surface area contributed by atoms with Crippen molar-refractivity contribution in [2.45, 2.75) is 17.3 Å². The Morgan fingerprint density at radius 2 is 2.28 bits per heavy atom. The molecule has 1 aromatic carbocycles. The number of hydrogen-bond acceptors (Lipinski definition) is 2. The van der Waals surface area contributed by atoms with Crippen LogP contribution in [0.3, 0.4) is 0 Å². The van der Waals surface area contributed by atoms with Gasteiger partial charge < -0.3 is 10.0 Å². The number of nitrogens with zero attached hydrogens (tertiary/aromatic N) is 1. The first-order valence-corrected chi connectivity index (χ1v) is 6.70. The summed E-state index contributed by atoms with van der Waals surface area (Å²) >= 11 is 9.20. The van der Waals surface area contributed by atoms with Crippen LogP contribution in [0.1, 0.15) is 18.0 Å². The Kier molecular flexibility index (Phi) is 3.92. The van der Waals surface area contributed by atoms with Crippen molar-refractivity contribution in [3.05, 3.63) is 34.9 Å². The van der Waals surface area contributed by atoms with Crippen LogP contribution in [0.5, 0.6) is 0 Å². The van der Waals surface area contributed by atoms with Crippen LogP contribution in [0.2, 0.25) is 5.02 Å². The second kappa shape index (κ2) is 5.28. The quantitative estimate of drug-likeness (QED) is 0.865. The van der Waals surface area contributed by atoms with Crippen molar-refractivity contribution < 1.29 is 14.7 Å². The number of likely N-dealkylation sites (tertiary alicyclic amines) is 1. The molecule has 0 spiro atoms. The molecule has 1 N–H and O–H groups in total. The van der Waals surface area contributed by atoms with Gasteiger partial charge in [-0.3, -0.25) is 4.79 Å². The Balaban J connectivity index is 2.35. The number of halogens is 2. The summed E-state index contributed by atoms with van der Waals surface area (Å²) in [5.74, 6) is -1.21. The third kappa shape index (κ3) is 2.67. The van der Waals surface area contributed by atoms with Crippen molar-refractivity contribution >= 4 is 39.4 Å². The van der Waals surface area contributed by atoms with Crippen LogP contribution >= 0.6 is 27.5 Å². The lowest BCUT2D eigenvalue weighted by molar-refractivity contribution is -0.148. The standard InChI is InChI=1S/C12H11BrClNO3/c13-8-5-10(16)15(6-8)11(12(17)18)7-2-1-3-9(14)4-7/h1-4,8,11H,5-6H2,(H,17,18). The third-order valence-electron chi connectivity index (χ3n) is 2.82. The van der Waals surface area contributed by atoms with Gasteiger partial charge in [0.05, 0.1) is 0 Å². The lowest BCUT2D eigenvalue weighted by atomic mass is 10.1. The molecule has 0 bridgehead atoms. The van der Waals surface area contributed by atoms with Gasteiger partial charge in [-0.2, -0.15) is 0 Å². The summed E-state index contributed by atoms with van der Waals surface area (Å²) in [4.78, 5) is 24.6. The molecule has 2 atom stereocenters. The number of aliphatic carboxylic acids is 1. The molecule has 0 saturated carbocycles. The zero-order valence-electron chi connectivity index (χ0n) is 9.35. The van der Waals surface area contributed by atoms with E-state index in [-0.39, 0.29) is 10.7 Å². The van der Waals surface area contributed by atoms with Crippen LogP contribution in [0.4, 0.5) is 0 Å². The summed E-state index contributed by atoms with van der Waals surface area (Å²) in [5, 5.41) is 9.79. The van der Waals surface area contributed by atoms with Crippen molar-refractivity contribution in [2.24, 2.45) is 0 Å². The molecule has 2 unspecified atom stereocenters. The van der Waals surface area contributed by atoms with Crippen LogP contribution < -0.4 is 0 Å². The van der Waals surface area contributed by atoms with Gasteiger partial charge in [0.15, 0.2) is 6.04 Å². The monoisotopic (exact) mass is 331 g/mol. The maximum absolute atomic E-state index is 11.8. The van der Waals surface area contributed by atoms with E-state index in [1.165, 1.54) is 4.90 Å². The van der Waals surface area contributed by atoms with E-state index in [9.17, 15) is 14.7 Å². The van der Waals surface area contributed by atoms with Gasteiger partial charge in [0.2, 0.25) is 5.91 Å². The van der Waals surface area contributed by atoms with Crippen LogP contribution in [0.15, 0.2) is 24.3 Å². The molecular weight excluding hydrogens is 321 g/mol. The lowest BCUT2D eigenvalue weighted by Gasteiger charge is -2.24. The zero-order valence-corrected chi connectivity index (χ0v) is 11.7. The van der Waals surface area contributed by atoms with Gasteiger partial charge >= 0.3 is 5.97 Å². The fourth-order valence-corrected chi connectivity index (χ4v) is 2.86. The maximum Gasteiger partial charge on any atom is 0.331 e. The molecule has 1 amide bonds. The minimum Gasteiger partial charge on any atom is -0.479 e. The summed E-state index contributed by atoms with van der Waals surface area (Å²) in [6.07, 6.45) is 0.324. The number of amides is 1. The lowest BCUT2D eigenvalue weighted by Crippen LogP contribution is -2.35. The molecule has 0 radical (unpaired) electrons. The minimum absolute atomic E-state index is 0.00559. The topological polar surface area (TPSA) is 57.6 Å². The molecule has 0 aromatic heterocycles. The van der Waals surface area contributed by atoms with E-state index in [2.05, 4.69) is 15.9 Å². The Morgan fingerprint density at radius 1 is 1.56 bits per heavy atom. The van der Waals surface area contributed by atoms with E-state index < -0.39 is 12.0 Å². The van der Waals surface area contributed by atoms with Crippen molar-refractivity contribution in [3.63, 3.8) is 0 Å². The van der Waals surface area contributed by atoms with Crippen molar-refractivity contribution in [1.29, 1.82) is 0 Å². The Hall–Kier alpha value is -1.07. The highest BCUT2D eigenvalue weighted by Gasteiger charge is 2.37. The normalized spacial score (nSPS) is 21.1. The molecule has 1 fully saturated rings. The number of benzene rings is 1. The van der Waals surface area contributed by atoms with Crippen molar-refractivity contribution in [3.8, 4) is 0 Å². The van der Waals surface area contributed by atoms with E-state index in [1.54, 1.807) is 24.3 Å². The molecule has 1 aromatic rings. The summed E-state index contributed by atoms with van der Waals surface area (Å²) in [5.41, 5.74) is 0.518. The predicted octanol–water partition coefficient (Wildman–Crippen LogP) is 2.46.